The summed E-state index contributed by atoms with van der Waals surface area (Å²) in [5.41, 5.74) is 6.02. The number of aromatic nitrogens is 1. The van der Waals surface area contributed by atoms with Crippen molar-refractivity contribution in [3.63, 3.8) is 0 Å². The van der Waals surface area contributed by atoms with Crippen LogP contribution in [0.3, 0.4) is 0 Å². The van der Waals surface area contributed by atoms with Crippen LogP contribution in [-0.4, -0.2) is 13.1 Å². The summed E-state index contributed by atoms with van der Waals surface area (Å²) in [6.45, 7) is 2.11. The third-order valence-electron chi connectivity index (χ3n) is 5.40. The summed E-state index contributed by atoms with van der Waals surface area (Å²) in [5.74, 6) is 1.05. The highest BCUT2D eigenvalue weighted by Gasteiger charge is 2.30. The van der Waals surface area contributed by atoms with E-state index in [1.807, 2.05) is 0 Å². The highest BCUT2D eigenvalue weighted by atomic mass is 15.2. The van der Waals surface area contributed by atoms with Gasteiger partial charge >= 0.3 is 0 Å². The number of piperidine rings is 1. The Balaban J connectivity index is 1.92. The largest absolute Gasteiger partial charge is 0.293 e. The highest BCUT2D eigenvalue weighted by Crippen LogP contribution is 2.34. The van der Waals surface area contributed by atoms with E-state index < -0.39 is 0 Å². The van der Waals surface area contributed by atoms with E-state index in [4.69, 9.17) is 0 Å². The van der Waals surface area contributed by atoms with Gasteiger partial charge in [0.25, 0.3) is 5.82 Å². The van der Waals surface area contributed by atoms with Crippen LogP contribution in [0.4, 0.5) is 5.82 Å². The number of benzene rings is 1. The fraction of sp³-hybridized carbons (Fsp3) is 0.429. The predicted molar refractivity (Wildman–Crippen MR) is 95.9 cm³/mol. The molecular weight excluding hydrogens is 294 g/mol. The van der Waals surface area contributed by atoms with Crippen molar-refractivity contribution < 1.29 is 4.98 Å². The van der Waals surface area contributed by atoms with Crippen molar-refractivity contribution in [2.75, 3.05) is 18.0 Å². The fourth-order valence-electron chi connectivity index (χ4n) is 4.18. The topological polar surface area (TPSA) is 41.2 Å². The average Bonchev–Trinajstić information content (AvgIpc) is 2.68. The number of aromatic amines is 1. The van der Waals surface area contributed by atoms with Gasteiger partial charge in [-0.3, -0.25) is 4.90 Å². The van der Waals surface area contributed by atoms with E-state index in [2.05, 4.69) is 46.3 Å². The molecule has 3 nitrogen and oxygen atoms in total. The molecule has 0 atom stereocenters. The maximum Gasteiger partial charge on any atom is 0.293 e. The second-order valence-electron chi connectivity index (χ2n) is 6.91. The maximum absolute atomic E-state index is 9.87. The molecule has 0 saturated carbocycles. The third-order valence-corrected chi connectivity index (χ3v) is 5.40. The van der Waals surface area contributed by atoms with Gasteiger partial charge in [-0.25, -0.2) is 4.98 Å². The van der Waals surface area contributed by atoms with Gasteiger partial charge in [-0.15, -0.1) is 0 Å². The zero-order valence-electron chi connectivity index (χ0n) is 14.1. The number of hydrogen-bond acceptors (Lipinski definition) is 2. The molecule has 1 N–H and O–H groups in total. The van der Waals surface area contributed by atoms with Gasteiger partial charge in [-0.2, -0.15) is 5.26 Å². The average molecular weight is 318 g/mol. The SMILES string of the molecule is N#Cc1c(N2CCCCC2)[nH+]c(-c2ccccc2)c2c1CCCC2. The molecule has 4 rings (SSSR count). The summed E-state index contributed by atoms with van der Waals surface area (Å²) >= 11 is 0. The Labute approximate surface area is 143 Å². The molecule has 122 valence electrons. The monoisotopic (exact) mass is 318 g/mol. The minimum absolute atomic E-state index is 0.895. The summed E-state index contributed by atoms with van der Waals surface area (Å²) in [5, 5.41) is 9.87. The summed E-state index contributed by atoms with van der Waals surface area (Å²) in [4.78, 5) is 6.07. The van der Waals surface area contributed by atoms with Crippen molar-refractivity contribution in [3.8, 4) is 17.3 Å². The van der Waals surface area contributed by atoms with E-state index in [-0.39, 0.29) is 0 Å². The number of pyridine rings is 1. The zero-order chi connectivity index (χ0) is 16.4. The summed E-state index contributed by atoms with van der Waals surface area (Å²) in [6.07, 6.45) is 8.26. The minimum Gasteiger partial charge on any atom is -0.261 e. The quantitative estimate of drug-likeness (QED) is 0.842. The van der Waals surface area contributed by atoms with E-state index in [9.17, 15) is 5.26 Å². The highest BCUT2D eigenvalue weighted by molar-refractivity contribution is 5.68. The Bertz CT molecular complexity index is 768. The molecule has 0 amide bonds. The van der Waals surface area contributed by atoms with Gasteiger partial charge in [-0.1, -0.05) is 30.3 Å². The lowest BCUT2D eigenvalue weighted by Gasteiger charge is -2.26. The molecule has 1 aromatic carbocycles. The van der Waals surface area contributed by atoms with Gasteiger partial charge < -0.3 is 0 Å². The Hall–Kier alpha value is -2.34. The molecule has 2 aliphatic rings. The second kappa shape index (κ2) is 6.65. The van der Waals surface area contributed by atoms with E-state index in [0.717, 1.165) is 37.3 Å². The van der Waals surface area contributed by atoms with Crippen LogP contribution in [-0.2, 0) is 12.8 Å². The third kappa shape index (κ3) is 2.67. The first-order valence-electron chi connectivity index (χ1n) is 9.20. The van der Waals surface area contributed by atoms with Crippen molar-refractivity contribution in [1.29, 1.82) is 5.26 Å². The van der Waals surface area contributed by atoms with Crippen LogP contribution >= 0.6 is 0 Å². The van der Waals surface area contributed by atoms with Gasteiger partial charge in [0.1, 0.15) is 17.3 Å². The Morgan fingerprint density at radius 1 is 0.875 bits per heavy atom. The first-order valence-corrected chi connectivity index (χ1v) is 9.20. The number of fused-ring (bicyclic) bond motifs is 1. The molecule has 0 unspecified atom stereocenters. The molecule has 1 saturated heterocycles. The minimum atomic E-state index is 0.895. The molecule has 3 heteroatoms. The van der Waals surface area contributed by atoms with Crippen molar-refractivity contribution in [2.45, 2.75) is 44.9 Å². The number of nitriles is 1. The number of rotatable bonds is 2. The van der Waals surface area contributed by atoms with Crippen LogP contribution in [0, 0.1) is 11.3 Å². The smallest absolute Gasteiger partial charge is 0.261 e. The summed E-state index contributed by atoms with van der Waals surface area (Å²) in [7, 11) is 0. The summed E-state index contributed by atoms with van der Waals surface area (Å²) < 4.78 is 0. The lowest BCUT2D eigenvalue weighted by Crippen LogP contribution is -2.36. The first kappa shape index (κ1) is 15.2. The van der Waals surface area contributed by atoms with Crippen LogP contribution in [0.1, 0.15) is 48.8 Å². The zero-order valence-corrected chi connectivity index (χ0v) is 14.1. The predicted octanol–water partition coefficient (Wildman–Crippen LogP) is 3.91. The van der Waals surface area contributed by atoms with Crippen LogP contribution in [0.2, 0.25) is 0 Å². The van der Waals surface area contributed by atoms with Gasteiger partial charge in [0, 0.05) is 11.1 Å². The molecule has 0 bridgehead atoms. The van der Waals surface area contributed by atoms with Crippen molar-refractivity contribution >= 4 is 5.82 Å². The molecule has 1 aliphatic heterocycles. The van der Waals surface area contributed by atoms with Gasteiger partial charge in [-0.05, 0) is 50.5 Å². The van der Waals surface area contributed by atoms with E-state index in [0.29, 0.717) is 0 Å². The Morgan fingerprint density at radius 3 is 2.29 bits per heavy atom. The van der Waals surface area contributed by atoms with Crippen molar-refractivity contribution in [3.05, 3.63) is 47.0 Å². The molecule has 0 spiro atoms. The van der Waals surface area contributed by atoms with Crippen LogP contribution in [0.25, 0.3) is 11.3 Å². The maximum atomic E-state index is 9.87. The lowest BCUT2D eigenvalue weighted by atomic mass is 9.86. The van der Waals surface area contributed by atoms with Crippen molar-refractivity contribution in [2.24, 2.45) is 0 Å². The standard InChI is InChI=1S/C21H23N3/c22-15-19-17-11-5-6-12-18(17)20(16-9-3-1-4-10-16)23-21(19)24-13-7-2-8-14-24/h1,3-4,9-10H,2,5-8,11-14H2/p+1. The van der Waals surface area contributed by atoms with Crippen LogP contribution < -0.4 is 9.88 Å². The fourth-order valence-corrected chi connectivity index (χ4v) is 4.18. The molecule has 1 aromatic heterocycles. The number of H-pyrrole nitrogens is 1. The van der Waals surface area contributed by atoms with E-state index in [1.54, 1.807) is 0 Å². The number of anilines is 1. The lowest BCUT2D eigenvalue weighted by molar-refractivity contribution is -0.352. The van der Waals surface area contributed by atoms with Gasteiger partial charge in [0.15, 0.2) is 0 Å². The van der Waals surface area contributed by atoms with E-state index >= 15 is 0 Å². The molecule has 2 heterocycles. The first-order chi connectivity index (χ1) is 11.9. The molecule has 2 aromatic rings. The molecule has 24 heavy (non-hydrogen) atoms. The molecule has 1 fully saturated rings. The van der Waals surface area contributed by atoms with Crippen molar-refractivity contribution in [1.82, 2.24) is 0 Å². The normalized spacial score (nSPS) is 17.2. The molecular formula is C21H24N3+. The molecule has 0 radical (unpaired) electrons. The van der Waals surface area contributed by atoms with E-state index in [1.165, 1.54) is 54.5 Å². The Kier molecular flexibility index (Phi) is 4.21. The number of hydrogen-bond donors (Lipinski definition) is 0. The van der Waals surface area contributed by atoms with Gasteiger partial charge in [0.2, 0.25) is 0 Å². The number of nitrogens with one attached hydrogen (secondary N) is 1. The van der Waals surface area contributed by atoms with Crippen LogP contribution in [0.15, 0.2) is 30.3 Å². The second-order valence-corrected chi connectivity index (χ2v) is 6.91. The van der Waals surface area contributed by atoms with Crippen LogP contribution in [0.5, 0.6) is 0 Å². The number of nitrogens with zero attached hydrogens (tertiary/aromatic N) is 2. The summed E-state index contributed by atoms with van der Waals surface area (Å²) in [6, 6.07) is 13.1. The van der Waals surface area contributed by atoms with Gasteiger partial charge in [0.05, 0.1) is 13.1 Å². The molecule has 1 aliphatic carbocycles. The Morgan fingerprint density at radius 2 is 1.58 bits per heavy atom.